The number of aromatic nitrogens is 1. The summed E-state index contributed by atoms with van der Waals surface area (Å²) >= 11 is 8.08. The van der Waals surface area contributed by atoms with Gasteiger partial charge in [0.25, 0.3) is 5.76 Å². The van der Waals surface area contributed by atoms with Gasteiger partial charge in [0.15, 0.2) is 0 Å². The Labute approximate surface area is 167 Å². The first-order chi connectivity index (χ1) is 12.8. The molecule has 0 bridgehead atoms. The summed E-state index contributed by atoms with van der Waals surface area (Å²) in [4.78, 5) is 12.2. The fourth-order valence-electron chi connectivity index (χ4n) is 3.03. The van der Waals surface area contributed by atoms with Crippen LogP contribution in [-0.4, -0.2) is 28.5 Å². The summed E-state index contributed by atoms with van der Waals surface area (Å²) < 4.78 is 32.9. The van der Waals surface area contributed by atoms with E-state index >= 15 is 0 Å². The van der Waals surface area contributed by atoms with Crippen LogP contribution >= 0.6 is 34.7 Å². The first-order valence-electron chi connectivity index (χ1n) is 7.90. The first kappa shape index (κ1) is 20.0. The van der Waals surface area contributed by atoms with Crippen LogP contribution in [-0.2, 0) is 17.8 Å². The van der Waals surface area contributed by atoms with E-state index in [0.29, 0.717) is 38.9 Å². The maximum absolute atomic E-state index is 12.6. The highest BCUT2D eigenvalue weighted by Crippen LogP contribution is 2.37. The quantitative estimate of drug-likeness (QED) is 0.490. The third-order valence-corrected chi connectivity index (χ3v) is 6.46. The number of benzene rings is 1. The summed E-state index contributed by atoms with van der Waals surface area (Å²) in [5.74, 6) is -2.92. The molecule has 0 amide bonds. The van der Waals surface area contributed by atoms with Crippen LogP contribution in [0.5, 0.6) is 5.75 Å². The van der Waals surface area contributed by atoms with Crippen LogP contribution in [0.1, 0.15) is 16.1 Å². The molecule has 1 aromatic carbocycles. The Morgan fingerprint density at radius 3 is 2.78 bits per heavy atom. The number of carboxylic acids is 1. The van der Waals surface area contributed by atoms with E-state index in [0.717, 1.165) is 21.5 Å². The Kier molecular flexibility index (Phi) is 5.98. The van der Waals surface area contributed by atoms with Crippen molar-refractivity contribution in [3.05, 3.63) is 45.4 Å². The topological polar surface area (TPSA) is 51.5 Å². The molecule has 0 fully saturated rings. The van der Waals surface area contributed by atoms with E-state index in [2.05, 4.69) is 0 Å². The normalized spacial score (nSPS) is 11.5. The number of aliphatic carboxylic acids is 1. The highest BCUT2D eigenvalue weighted by Gasteiger charge is 2.19. The fourth-order valence-corrected chi connectivity index (χ4v) is 5.04. The number of carbonyl (C=O) groups is 1. The van der Waals surface area contributed by atoms with Gasteiger partial charge in [0.1, 0.15) is 5.75 Å². The van der Waals surface area contributed by atoms with E-state index in [9.17, 15) is 18.7 Å². The monoisotopic (exact) mass is 431 g/mol. The smallest absolute Gasteiger partial charge is 0.307 e. The standard InChI is InChI=1S/C18H16ClF2NO3S2/c1-9-11(6-16(23)24)12-5-15(25-2)13(19)7-14(12)22(9)8-10-3-4-17(26-10)27-18(20)21/h3-5,7,18H,6,8H2,1-2H3,(H,23,24). The third-order valence-electron chi connectivity index (χ3n) is 4.21. The molecule has 3 rings (SSSR count). The van der Waals surface area contributed by atoms with Crippen molar-refractivity contribution in [2.45, 2.75) is 29.9 Å². The maximum atomic E-state index is 12.6. The molecule has 0 spiro atoms. The van der Waals surface area contributed by atoms with Gasteiger partial charge in [-0.1, -0.05) is 11.6 Å². The molecule has 0 aliphatic heterocycles. The van der Waals surface area contributed by atoms with Crippen molar-refractivity contribution in [1.29, 1.82) is 0 Å². The van der Waals surface area contributed by atoms with Crippen molar-refractivity contribution in [3.8, 4) is 5.75 Å². The summed E-state index contributed by atoms with van der Waals surface area (Å²) in [5.41, 5.74) is 2.27. The highest BCUT2D eigenvalue weighted by molar-refractivity contribution is 8.01. The van der Waals surface area contributed by atoms with E-state index in [4.69, 9.17) is 16.3 Å². The molecule has 2 heterocycles. The summed E-state index contributed by atoms with van der Waals surface area (Å²) in [6.07, 6.45) is -0.128. The van der Waals surface area contributed by atoms with E-state index in [-0.39, 0.29) is 6.42 Å². The Bertz CT molecular complexity index is 1000. The molecule has 1 N–H and O–H groups in total. The minimum Gasteiger partial charge on any atom is -0.495 e. The van der Waals surface area contributed by atoms with Gasteiger partial charge in [-0.15, -0.1) is 11.3 Å². The first-order valence-corrected chi connectivity index (χ1v) is 9.98. The van der Waals surface area contributed by atoms with Gasteiger partial charge in [-0.2, -0.15) is 8.78 Å². The van der Waals surface area contributed by atoms with Gasteiger partial charge in [0.2, 0.25) is 0 Å². The Morgan fingerprint density at radius 2 is 2.15 bits per heavy atom. The molecule has 4 nitrogen and oxygen atoms in total. The van der Waals surface area contributed by atoms with Crippen LogP contribution in [0.4, 0.5) is 8.78 Å². The Balaban J connectivity index is 2.08. The molecule has 144 valence electrons. The Hall–Kier alpha value is -1.77. The predicted octanol–water partition coefficient (Wildman–Crippen LogP) is 5.66. The number of methoxy groups -OCH3 is 1. The van der Waals surface area contributed by atoms with Crippen LogP contribution in [0.15, 0.2) is 28.5 Å². The fraction of sp³-hybridized carbons (Fsp3) is 0.278. The van der Waals surface area contributed by atoms with Gasteiger partial charge in [0, 0.05) is 16.0 Å². The zero-order chi connectivity index (χ0) is 19.7. The number of hydrogen-bond acceptors (Lipinski definition) is 4. The minimum atomic E-state index is -2.46. The van der Waals surface area contributed by atoms with Gasteiger partial charge < -0.3 is 14.4 Å². The average Bonchev–Trinajstić information content (AvgIpc) is 3.11. The third kappa shape index (κ3) is 4.23. The molecule has 27 heavy (non-hydrogen) atoms. The molecular formula is C18H16ClF2NO3S2. The van der Waals surface area contributed by atoms with Gasteiger partial charge in [-0.25, -0.2) is 0 Å². The van der Waals surface area contributed by atoms with Crippen LogP contribution in [0.3, 0.4) is 0 Å². The van der Waals surface area contributed by atoms with E-state index in [1.165, 1.54) is 18.4 Å². The molecule has 0 unspecified atom stereocenters. The van der Waals surface area contributed by atoms with Gasteiger partial charge in [0.05, 0.1) is 34.8 Å². The SMILES string of the molecule is COc1cc2c(CC(=O)O)c(C)n(Cc3ccc(SC(F)F)s3)c2cc1Cl. The van der Waals surface area contributed by atoms with Crippen LogP contribution in [0.25, 0.3) is 10.9 Å². The van der Waals surface area contributed by atoms with E-state index in [1.807, 2.05) is 17.6 Å². The molecule has 0 radical (unpaired) electrons. The molecule has 0 atom stereocenters. The van der Waals surface area contributed by atoms with E-state index < -0.39 is 11.7 Å². The summed E-state index contributed by atoms with van der Waals surface area (Å²) in [6, 6.07) is 6.97. The lowest BCUT2D eigenvalue weighted by Gasteiger charge is -2.08. The van der Waals surface area contributed by atoms with Crippen LogP contribution < -0.4 is 4.74 Å². The number of alkyl halides is 2. The zero-order valence-electron chi connectivity index (χ0n) is 14.5. The molecule has 2 aromatic heterocycles. The molecule has 9 heteroatoms. The second-order valence-corrected chi connectivity index (χ2v) is 8.69. The van der Waals surface area contributed by atoms with Crippen molar-refractivity contribution < 1.29 is 23.4 Å². The summed E-state index contributed by atoms with van der Waals surface area (Å²) in [5, 5.41) is 10.5. The molecule has 3 aromatic rings. The molecular weight excluding hydrogens is 416 g/mol. The number of hydrogen-bond donors (Lipinski definition) is 1. The van der Waals surface area contributed by atoms with E-state index in [1.54, 1.807) is 18.2 Å². The lowest BCUT2D eigenvalue weighted by Crippen LogP contribution is -2.04. The van der Waals surface area contributed by atoms with Crippen molar-refractivity contribution in [2.24, 2.45) is 0 Å². The van der Waals surface area contributed by atoms with Crippen molar-refractivity contribution in [2.75, 3.05) is 7.11 Å². The lowest BCUT2D eigenvalue weighted by molar-refractivity contribution is -0.136. The molecule has 0 saturated carbocycles. The van der Waals surface area contributed by atoms with Crippen molar-refractivity contribution in [1.82, 2.24) is 4.57 Å². The number of ether oxygens (including phenoxy) is 1. The highest BCUT2D eigenvalue weighted by atomic mass is 35.5. The molecule has 0 saturated heterocycles. The number of fused-ring (bicyclic) bond motifs is 1. The number of halogens is 3. The largest absolute Gasteiger partial charge is 0.495 e. The summed E-state index contributed by atoms with van der Waals surface area (Å²) in [7, 11) is 1.50. The van der Waals surface area contributed by atoms with Crippen molar-refractivity contribution >= 4 is 51.6 Å². The zero-order valence-corrected chi connectivity index (χ0v) is 16.9. The van der Waals surface area contributed by atoms with Crippen molar-refractivity contribution in [3.63, 3.8) is 0 Å². The number of rotatable bonds is 7. The number of carboxylic acid groups (broad SMARTS) is 1. The van der Waals surface area contributed by atoms with Gasteiger partial charge in [-0.05, 0) is 48.5 Å². The van der Waals surface area contributed by atoms with Gasteiger partial charge >= 0.3 is 5.97 Å². The average molecular weight is 432 g/mol. The molecule has 0 aliphatic carbocycles. The second-order valence-electron chi connectivity index (χ2n) is 5.82. The van der Waals surface area contributed by atoms with Gasteiger partial charge in [-0.3, -0.25) is 4.79 Å². The van der Waals surface area contributed by atoms with Crippen LogP contribution in [0.2, 0.25) is 5.02 Å². The summed E-state index contributed by atoms with van der Waals surface area (Å²) in [6.45, 7) is 2.29. The molecule has 0 aliphatic rings. The number of thioether (sulfide) groups is 1. The Morgan fingerprint density at radius 1 is 1.41 bits per heavy atom. The number of thiophene rings is 1. The predicted molar refractivity (Wildman–Crippen MR) is 105 cm³/mol. The second kappa shape index (κ2) is 8.08. The minimum absolute atomic E-state index is 0.128. The lowest BCUT2D eigenvalue weighted by atomic mass is 10.1. The number of nitrogens with zero attached hydrogens (tertiary/aromatic N) is 1. The van der Waals surface area contributed by atoms with Crippen LogP contribution in [0, 0.1) is 6.92 Å². The maximum Gasteiger partial charge on any atom is 0.307 e.